The Balaban J connectivity index is 2.03. The summed E-state index contributed by atoms with van der Waals surface area (Å²) in [6.07, 6.45) is 1.52. The van der Waals surface area contributed by atoms with E-state index in [-0.39, 0.29) is 18.3 Å². The Morgan fingerprint density at radius 3 is 2.87 bits per heavy atom. The molecule has 0 aromatic rings. The Labute approximate surface area is 87.0 Å². The summed E-state index contributed by atoms with van der Waals surface area (Å²) >= 11 is 0. The molecule has 2 aliphatic heterocycles. The Kier molecular flexibility index (Phi) is 2.49. The van der Waals surface area contributed by atoms with Gasteiger partial charge in [-0.1, -0.05) is 0 Å². The molecule has 0 N–H and O–H groups in total. The normalized spacial score (nSPS) is 38.4. The van der Waals surface area contributed by atoms with Crippen molar-refractivity contribution in [2.24, 2.45) is 0 Å². The highest BCUT2D eigenvalue weighted by Crippen LogP contribution is 2.35. The first-order valence-corrected chi connectivity index (χ1v) is 4.77. The lowest BCUT2D eigenvalue weighted by Crippen LogP contribution is -2.28. The molecule has 6 heteroatoms. The molecule has 3 atom stereocenters. The van der Waals surface area contributed by atoms with Crippen molar-refractivity contribution >= 4 is 0 Å². The highest BCUT2D eigenvalue weighted by atomic mass is 16.8. The fourth-order valence-corrected chi connectivity index (χ4v) is 1.89. The molecule has 0 radical (unpaired) electrons. The highest BCUT2D eigenvalue weighted by molar-refractivity contribution is 5.01. The van der Waals surface area contributed by atoms with Gasteiger partial charge in [0.25, 0.3) is 0 Å². The van der Waals surface area contributed by atoms with E-state index in [1.54, 1.807) is 0 Å². The van der Waals surface area contributed by atoms with Gasteiger partial charge < -0.3 is 14.2 Å². The predicted octanol–water partition coefficient (Wildman–Crippen LogP) is 0.696. The predicted molar refractivity (Wildman–Crippen MR) is 49.7 cm³/mol. The molecule has 0 aromatic heterocycles. The molecular weight excluding hydrogens is 202 g/mol. The van der Waals surface area contributed by atoms with E-state index in [2.05, 4.69) is 0 Å². The van der Waals surface area contributed by atoms with E-state index in [0.29, 0.717) is 6.61 Å². The van der Waals surface area contributed by atoms with Crippen LogP contribution >= 0.6 is 0 Å². The molecule has 0 amide bonds. The van der Waals surface area contributed by atoms with E-state index >= 15 is 0 Å². The maximum Gasteiger partial charge on any atom is 0.233 e. The van der Waals surface area contributed by atoms with Crippen LogP contribution in [0, 0.1) is 10.1 Å². The topological polar surface area (TPSA) is 70.8 Å². The lowest BCUT2D eigenvalue weighted by molar-refractivity contribution is -0.403. The van der Waals surface area contributed by atoms with Crippen LogP contribution in [0.3, 0.4) is 0 Å². The summed E-state index contributed by atoms with van der Waals surface area (Å²) in [6, 6.07) is 0. The third-order valence-electron chi connectivity index (χ3n) is 2.40. The fraction of sp³-hybridized carbons (Fsp3) is 0.778. The van der Waals surface area contributed by atoms with Crippen molar-refractivity contribution < 1.29 is 19.1 Å². The van der Waals surface area contributed by atoms with Gasteiger partial charge in [0.1, 0.15) is 18.3 Å². The summed E-state index contributed by atoms with van der Waals surface area (Å²) in [7, 11) is 0. The van der Waals surface area contributed by atoms with Crippen molar-refractivity contribution in [2.75, 3.05) is 6.61 Å². The minimum Gasteiger partial charge on any atom is -0.368 e. The van der Waals surface area contributed by atoms with Gasteiger partial charge in [0, 0.05) is 6.08 Å². The lowest BCUT2D eigenvalue weighted by atomic mass is 10.1. The molecule has 2 aliphatic rings. The molecule has 2 saturated heterocycles. The van der Waals surface area contributed by atoms with Crippen LogP contribution in [0.5, 0.6) is 0 Å². The van der Waals surface area contributed by atoms with Crippen LogP contribution in [0.1, 0.15) is 13.8 Å². The average Bonchev–Trinajstić information content (AvgIpc) is 2.56. The molecular formula is C9H13NO5. The zero-order valence-corrected chi connectivity index (χ0v) is 8.58. The lowest BCUT2D eigenvalue weighted by Gasteiger charge is -2.19. The number of ether oxygens (including phenoxy) is 3. The monoisotopic (exact) mass is 215 g/mol. The van der Waals surface area contributed by atoms with Gasteiger partial charge in [-0.05, 0) is 13.8 Å². The van der Waals surface area contributed by atoms with Gasteiger partial charge in [-0.3, -0.25) is 10.1 Å². The first-order chi connectivity index (χ1) is 6.98. The van der Waals surface area contributed by atoms with Crippen LogP contribution in [-0.2, 0) is 14.2 Å². The third kappa shape index (κ3) is 2.17. The summed E-state index contributed by atoms with van der Waals surface area (Å²) in [5.41, 5.74) is 0. The highest BCUT2D eigenvalue weighted by Gasteiger charge is 2.49. The van der Waals surface area contributed by atoms with Crippen LogP contribution in [0.25, 0.3) is 0 Å². The molecule has 0 aromatic carbocycles. The van der Waals surface area contributed by atoms with E-state index in [1.165, 1.54) is 6.08 Å². The van der Waals surface area contributed by atoms with E-state index < -0.39 is 10.7 Å². The summed E-state index contributed by atoms with van der Waals surface area (Å²) < 4.78 is 16.5. The summed E-state index contributed by atoms with van der Waals surface area (Å²) in [4.78, 5) is 9.65. The number of fused-ring (bicyclic) bond motifs is 1. The van der Waals surface area contributed by atoms with Crippen LogP contribution < -0.4 is 0 Å². The quantitative estimate of drug-likeness (QED) is 0.500. The standard InChI is InChI=1S/C9H13NO5/c1-9(2)14-7-5-13-6(8(7)15-9)3-4-10(11)12/h3-4,6-8H,5H2,1-2H3/b4-3+/t6-,7-,8+/m0/s1. The maximum atomic E-state index is 10.2. The van der Waals surface area contributed by atoms with Crippen molar-refractivity contribution in [3.63, 3.8) is 0 Å². The van der Waals surface area contributed by atoms with Gasteiger partial charge >= 0.3 is 0 Å². The van der Waals surface area contributed by atoms with Crippen molar-refractivity contribution in [2.45, 2.75) is 37.9 Å². The molecule has 2 heterocycles. The van der Waals surface area contributed by atoms with Crippen molar-refractivity contribution in [3.05, 3.63) is 22.4 Å². The molecule has 0 aliphatic carbocycles. The second-order valence-corrected chi connectivity index (χ2v) is 4.06. The zero-order valence-electron chi connectivity index (χ0n) is 8.58. The minimum atomic E-state index is -0.625. The fourth-order valence-electron chi connectivity index (χ4n) is 1.89. The first kappa shape index (κ1) is 10.5. The maximum absolute atomic E-state index is 10.2. The molecule has 0 saturated carbocycles. The van der Waals surface area contributed by atoms with Gasteiger partial charge in [-0.25, -0.2) is 0 Å². The summed E-state index contributed by atoms with van der Waals surface area (Å²) in [5.74, 6) is -0.625. The van der Waals surface area contributed by atoms with Crippen molar-refractivity contribution in [1.29, 1.82) is 0 Å². The zero-order chi connectivity index (χ0) is 11.1. The van der Waals surface area contributed by atoms with Gasteiger partial charge in [0.05, 0.1) is 11.5 Å². The Morgan fingerprint density at radius 1 is 1.47 bits per heavy atom. The second-order valence-electron chi connectivity index (χ2n) is 4.06. The minimum absolute atomic E-state index is 0.124. The number of hydrogen-bond donors (Lipinski definition) is 0. The van der Waals surface area contributed by atoms with E-state index in [4.69, 9.17) is 14.2 Å². The largest absolute Gasteiger partial charge is 0.368 e. The molecule has 0 spiro atoms. The van der Waals surface area contributed by atoms with Crippen LogP contribution in [0.4, 0.5) is 0 Å². The van der Waals surface area contributed by atoms with Gasteiger partial charge in [-0.15, -0.1) is 0 Å². The number of hydrogen-bond acceptors (Lipinski definition) is 5. The molecule has 2 rings (SSSR count). The molecule has 6 nitrogen and oxygen atoms in total. The van der Waals surface area contributed by atoms with Crippen LogP contribution in [0.2, 0.25) is 0 Å². The van der Waals surface area contributed by atoms with Gasteiger partial charge in [0.15, 0.2) is 5.79 Å². The molecule has 2 fully saturated rings. The molecule has 0 unspecified atom stereocenters. The third-order valence-corrected chi connectivity index (χ3v) is 2.40. The number of nitro groups is 1. The van der Waals surface area contributed by atoms with Gasteiger partial charge in [0.2, 0.25) is 6.20 Å². The van der Waals surface area contributed by atoms with Crippen LogP contribution in [0.15, 0.2) is 12.3 Å². The average molecular weight is 215 g/mol. The van der Waals surface area contributed by atoms with Crippen LogP contribution in [-0.4, -0.2) is 35.6 Å². The number of nitrogens with zero attached hydrogens (tertiary/aromatic N) is 1. The summed E-state index contributed by atoms with van der Waals surface area (Å²) in [5, 5.41) is 10.2. The van der Waals surface area contributed by atoms with E-state index in [1.807, 2.05) is 13.8 Å². The second kappa shape index (κ2) is 3.55. The first-order valence-electron chi connectivity index (χ1n) is 4.77. The van der Waals surface area contributed by atoms with Crippen molar-refractivity contribution in [1.82, 2.24) is 0 Å². The molecule has 15 heavy (non-hydrogen) atoms. The number of rotatable bonds is 2. The van der Waals surface area contributed by atoms with Crippen molar-refractivity contribution in [3.8, 4) is 0 Å². The Bertz CT molecular complexity index is 301. The Hall–Kier alpha value is -0.980. The smallest absolute Gasteiger partial charge is 0.233 e. The molecule has 84 valence electrons. The van der Waals surface area contributed by atoms with E-state index in [0.717, 1.165) is 6.20 Å². The van der Waals surface area contributed by atoms with E-state index in [9.17, 15) is 10.1 Å². The molecule has 0 bridgehead atoms. The van der Waals surface area contributed by atoms with Gasteiger partial charge in [-0.2, -0.15) is 0 Å². The Morgan fingerprint density at radius 2 is 2.20 bits per heavy atom. The SMILES string of the molecule is CC1(C)O[C@@H]2[C@H](/C=C/[N+](=O)[O-])OC[C@@H]2O1. The summed E-state index contributed by atoms with van der Waals surface area (Å²) in [6.45, 7) is 4.06.